The second-order valence-electron chi connectivity index (χ2n) is 6.62. The van der Waals surface area contributed by atoms with Crippen LogP contribution in [0.3, 0.4) is 0 Å². The number of hydrogen-bond acceptors (Lipinski definition) is 5. The molecule has 3 rings (SSSR count). The van der Waals surface area contributed by atoms with Gasteiger partial charge in [0.15, 0.2) is 0 Å². The molecule has 0 radical (unpaired) electrons. The highest BCUT2D eigenvalue weighted by molar-refractivity contribution is 7.89. The van der Waals surface area contributed by atoms with Crippen molar-refractivity contribution in [2.24, 2.45) is 0 Å². The van der Waals surface area contributed by atoms with E-state index in [0.717, 1.165) is 6.07 Å². The number of amides is 1. The molecule has 10 heteroatoms. The Bertz CT molecular complexity index is 1230. The molecule has 0 atom stereocenters. The van der Waals surface area contributed by atoms with Crippen LogP contribution in [0.5, 0.6) is 11.5 Å². The molecule has 2 N–H and O–H groups in total. The summed E-state index contributed by atoms with van der Waals surface area (Å²) in [5.74, 6) is -0.926. The van der Waals surface area contributed by atoms with Crippen molar-refractivity contribution in [1.29, 1.82) is 0 Å². The van der Waals surface area contributed by atoms with E-state index in [4.69, 9.17) is 21.1 Å². The molecule has 0 spiro atoms. The van der Waals surface area contributed by atoms with Gasteiger partial charge in [0.25, 0.3) is 5.91 Å². The van der Waals surface area contributed by atoms with Gasteiger partial charge < -0.3 is 14.8 Å². The topological polar surface area (TPSA) is 93.7 Å². The van der Waals surface area contributed by atoms with E-state index in [1.54, 1.807) is 24.3 Å². The first-order valence-electron chi connectivity index (χ1n) is 9.30. The number of anilines is 1. The quantitative estimate of drug-likeness (QED) is 0.505. The van der Waals surface area contributed by atoms with Gasteiger partial charge in [-0.25, -0.2) is 17.5 Å². The number of hydrogen-bond donors (Lipinski definition) is 2. The van der Waals surface area contributed by atoms with Crippen LogP contribution in [0, 0.1) is 5.82 Å². The summed E-state index contributed by atoms with van der Waals surface area (Å²) in [6.07, 6.45) is 0. The number of rotatable bonds is 8. The van der Waals surface area contributed by atoms with Crippen molar-refractivity contribution >= 4 is 33.2 Å². The van der Waals surface area contributed by atoms with Crippen LogP contribution in [0.2, 0.25) is 5.02 Å². The van der Waals surface area contributed by atoms with Gasteiger partial charge in [0.1, 0.15) is 22.2 Å². The van der Waals surface area contributed by atoms with Crippen LogP contribution in [-0.2, 0) is 16.6 Å². The van der Waals surface area contributed by atoms with E-state index in [9.17, 15) is 17.6 Å². The molecular formula is C22H20ClFN2O5S. The zero-order valence-corrected chi connectivity index (χ0v) is 18.8. The molecule has 0 aromatic heterocycles. The second-order valence-corrected chi connectivity index (χ2v) is 8.79. The van der Waals surface area contributed by atoms with Gasteiger partial charge in [-0.15, -0.1) is 0 Å². The Morgan fingerprint density at radius 3 is 2.31 bits per heavy atom. The van der Waals surface area contributed by atoms with Crippen LogP contribution in [0.4, 0.5) is 10.1 Å². The summed E-state index contributed by atoms with van der Waals surface area (Å²) >= 11 is 5.85. The molecule has 7 nitrogen and oxygen atoms in total. The molecule has 0 unspecified atom stereocenters. The summed E-state index contributed by atoms with van der Waals surface area (Å²) in [5, 5.41) is 3.12. The Morgan fingerprint density at radius 1 is 0.969 bits per heavy atom. The van der Waals surface area contributed by atoms with Crippen LogP contribution in [-0.4, -0.2) is 28.5 Å². The molecule has 3 aromatic carbocycles. The molecule has 0 bridgehead atoms. The molecule has 0 fully saturated rings. The SMILES string of the molecule is COc1cc(F)ccc1NC(=O)c1ccc(OC)c(S(=O)(=O)NCc2ccc(Cl)cc2)c1. The standard InChI is InChI=1S/C22H20ClFN2O5S/c1-30-19-10-5-15(22(27)26-18-9-8-17(24)12-20(18)31-2)11-21(19)32(28,29)25-13-14-3-6-16(23)7-4-14/h3-12,25H,13H2,1-2H3,(H,26,27). The van der Waals surface area contributed by atoms with Crippen molar-refractivity contribution in [3.63, 3.8) is 0 Å². The first-order valence-corrected chi connectivity index (χ1v) is 11.2. The third-order valence-electron chi connectivity index (χ3n) is 4.51. The molecule has 168 valence electrons. The van der Waals surface area contributed by atoms with Crippen molar-refractivity contribution in [2.45, 2.75) is 11.4 Å². The summed E-state index contributed by atoms with van der Waals surface area (Å²) < 4.78 is 51.9. The largest absolute Gasteiger partial charge is 0.495 e. The third kappa shape index (κ3) is 5.56. The summed E-state index contributed by atoms with van der Waals surface area (Å²) in [6, 6.07) is 14.3. The first-order chi connectivity index (χ1) is 15.2. The lowest BCUT2D eigenvalue weighted by Crippen LogP contribution is -2.24. The zero-order valence-electron chi connectivity index (χ0n) is 17.2. The van der Waals surface area contributed by atoms with E-state index in [-0.39, 0.29) is 34.2 Å². The van der Waals surface area contributed by atoms with Crippen LogP contribution >= 0.6 is 11.6 Å². The van der Waals surface area contributed by atoms with Gasteiger partial charge in [0, 0.05) is 23.2 Å². The lowest BCUT2D eigenvalue weighted by molar-refractivity contribution is 0.102. The third-order valence-corrected chi connectivity index (χ3v) is 6.18. The first kappa shape index (κ1) is 23.5. The van der Waals surface area contributed by atoms with Gasteiger partial charge in [-0.05, 0) is 48.0 Å². The smallest absolute Gasteiger partial charge is 0.255 e. The van der Waals surface area contributed by atoms with Gasteiger partial charge >= 0.3 is 0 Å². The highest BCUT2D eigenvalue weighted by Crippen LogP contribution is 2.28. The van der Waals surface area contributed by atoms with E-state index in [1.165, 1.54) is 44.6 Å². The van der Waals surface area contributed by atoms with Gasteiger partial charge in [-0.3, -0.25) is 4.79 Å². The summed E-state index contributed by atoms with van der Waals surface area (Å²) in [5.41, 5.74) is 0.998. The Labute approximate surface area is 190 Å². The van der Waals surface area contributed by atoms with E-state index in [2.05, 4.69) is 10.0 Å². The summed E-state index contributed by atoms with van der Waals surface area (Å²) in [6.45, 7) is 0.0197. The Balaban J connectivity index is 1.85. The number of carbonyl (C=O) groups is 1. The average molecular weight is 479 g/mol. The van der Waals surface area contributed by atoms with E-state index < -0.39 is 21.7 Å². The fourth-order valence-electron chi connectivity index (χ4n) is 2.85. The van der Waals surface area contributed by atoms with Gasteiger partial charge in [-0.2, -0.15) is 0 Å². The fourth-order valence-corrected chi connectivity index (χ4v) is 4.19. The van der Waals surface area contributed by atoms with Crippen molar-refractivity contribution < 1.29 is 27.1 Å². The lowest BCUT2D eigenvalue weighted by atomic mass is 10.2. The number of methoxy groups -OCH3 is 2. The van der Waals surface area contributed by atoms with Crippen molar-refractivity contribution in [3.8, 4) is 11.5 Å². The highest BCUT2D eigenvalue weighted by Gasteiger charge is 2.22. The lowest BCUT2D eigenvalue weighted by Gasteiger charge is -2.14. The minimum absolute atomic E-state index is 0.0197. The molecule has 0 aliphatic rings. The summed E-state index contributed by atoms with van der Waals surface area (Å²) in [4.78, 5) is 12.5. The van der Waals surface area contributed by atoms with E-state index >= 15 is 0 Å². The van der Waals surface area contributed by atoms with Crippen molar-refractivity contribution in [1.82, 2.24) is 4.72 Å². The van der Waals surface area contributed by atoms with Gasteiger partial charge in [-0.1, -0.05) is 23.7 Å². The molecule has 1 amide bonds. The van der Waals surface area contributed by atoms with Crippen LogP contribution in [0.15, 0.2) is 65.6 Å². The monoisotopic (exact) mass is 478 g/mol. The maximum atomic E-state index is 13.4. The van der Waals surface area contributed by atoms with Crippen molar-refractivity contribution in [3.05, 3.63) is 82.6 Å². The molecule has 0 saturated carbocycles. The fraction of sp³-hybridized carbons (Fsp3) is 0.136. The molecule has 3 aromatic rings. The number of carbonyl (C=O) groups excluding carboxylic acids is 1. The maximum absolute atomic E-state index is 13.4. The Kier molecular flexibility index (Phi) is 7.34. The molecule has 0 aliphatic heterocycles. The van der Waals surface area contributed by atoms with E-state index in [1.807, 2.05) is 0 Å². The second kappa shape index (κ2) is 9.99. The average Bonchev–Trinajstić information content (AvgIpc) is 2.79. The van der Waals surface area contributed by atoms with Crippen molar-refractivity contribution in [2.75, 3.05) is 19.5 Å². The molecule has 32 heavy (non-hydrogen) atoms. The predicted octanol–water partition coefficient (Wildman–Crippen LogP) is 4.23. The Hall–Kier alpha value is -3.14. The minimum Gasteiger partial charge on any atom is -0.495 e. The number of nitrogens with one attached hydrogen (secondary N) is 2. The number of benzene rings is 3. The van der Waals surface area contributed by atoms with Crippen LogP contribution in [0.1, 0.15) is 15.9 Å². The number of sulfonamides is 1. The van der Waals surface area contributed by atoms with E-state index in [0.29, 0.717) is 10.6 Å². The predicted molar refractivity (Wildman–Crippen MR) is 119 cm³/mol. The maximum Gasteiger partial charge on any atom is 0.255 e. The zero-order chi connectivity index (χ0) is 23.3. The molecular weight excluding hydrogens is 459 g/mol. The summed E-state index contributed by atoms with van der Waals surface area (Å²) in [7, 11) is -1.35. The van der Waals surface area contributed by atoms with Gasteiger partial charge in [0.05, 0.1) is 19.9 Å². The van der Waals surface area contributed by atoms with Gasteiger partial charge in [0.2, 0.25) is 10.0 Å². The Morgan fingerprint density at radius 2 is 1.66 bits per heavy atom. The minimum atomic E-state index is -4.02. The molecule has 0 saturated heterocycles. The number of halogens is 2. The molecule has 0 heterocycles. The number of ether oxygens (including phenoxy) is 2. The highest BCUT2D eigenvalue weighted by atomic mass is 35.5. The van der Waals surface area contributed by atoms with Crippen LogP contribution in [0.25, 0.3) is 0 Å². The normalized spacial score (nSPS) is 11.1. The van der Waals surface area contributed by atoms with Crippen LogP contribution < -0.4 is 19.5 Å². The molecule has 0 aliphatic carbocycles.